The number of hydrogen-bond donors (Lipinski definition) is 0. The normalized spacial score (nSPS) is 13.0. The van der Waals surface area contributed by atoms with E-state index >= 15 is 0 Å². The summed E-state index contributed by atoms with van der Waals surface area (Å²) in [5.74, 6) is 0. The SMILES string of the molecule is CC(C)(C)P(C(C)(C)C)C(c1ccccc1)(c1ccccc1)c1ccccc1. The Bertz CT molecular complexity index is 758. The summed E-state index contributed by atoms with van der Waals surface area (Å²) in [6, 6.07) is 33.5. The van der Waals surface area contributed by atoms with Crippen LogP contribution in [0.2, 0.25) is 0 Å². The average Bonchev–Trinajstić information content (AvgIpc) is 2.66. The molecule has 146 valence electrons. The highest BCUT2D eigenvalue weighted by atomic mass is 31.1. The largest absolute Gasteiger partial charge is 0.0752 e. The van der Waals surface area contributed by atoms with Crippen molar-refractivity contribution in [2.45, 2.75) is 57.0 Å². The Balaban J connectivity index is 2.51. The Morgan fingerprint density at radius 2 is 0.679 bits per heavy atom. The van der Waals surface area contributed by atoms with Crippen LogP contribution in [0.1, 0.15) is 58.2 Å². The van der Waals surface area contributed by atoms with Gasteiger partial charge in [0.25, 0.3) is 0 Å². The van der Waals surface area contributed by atoms with Crippen LogP contribution < -0.4 is 0 Å². The van der Waals surface area contributed by atoms with Crippen molar-refractivity contribution in [2.24, 2.45) is 0 Å². The van der Waals surface area contributed by atoms with Gasteiger partial charge in [-0.05, 0) is 27.0 Å². The van der Waals surface area contributed by atoms with Crippen LogP contribution in [0.4, 0.5) is 0 Å². The smallest absolute Gasteiger partial charge is 0.0658 e. The second-order valence-electron chi connectivity index (χ2n) is 9.49. The fourth-order valence-electron chi connectivity index (χ4n) is 4.94. The lowest BCUT2D eigenvalue weighted by Gasteiger charge is -2.55. The van der Waals surface area contributed by atoms with Crippen LogP contribution in [0.25, 0.3) is 0 Å². The first-order chi connectivity index (χ1) is 13.2. The predicted octanol–water partition coefficient (Wildman–Crippen LogP) is 8.06. The van der Waals surface area contributed by atoms with Crippen LogP contribution in [0, 0.1) is 0 Å². The zero-order valence-electron chi connectivity index (χ0n) is 18.1. The third-order valence-corrected chi connectivity index (χ3v) is 9.38. The van der Waals surface area contributed by atoms with Crippen LogP contribution in [-0.2, 0) is 5.16 Å². The molecule has 0 aliphatic heterocycles. The van der Waals surface area contributed by atoms with Gasteiger partial charge >= 0.3 is 0 Å². The quantitative estimate of drug-likeness (QED) is 0.313. The molecule has 0 aliphatic rings. The first kappa shape index (κ1) is 20.8. The fourth-order valence-corrected chi connectivity index (χ4v) is 10.2. The first-order valence-electron chi connectivity index (χ1n) is 10.2. The zero-order chi connectivity index (χ0) is 20.4. The van der Waals surface area contributed by atoms with Crippen molar-refractivity contribution in [1.82, 2.24) is 0 Å². The van der Waals surface area contributed by atoms with Gasteiger partial charge in [0.15, 0.2) is 0 Å². The highest BCUT2D eigenvalue weighted by Crippen LogP contribution is 2.74. The molecule has 0 spiro atoms. The summed E-state index contributed by atoms with van der Waals surface area (Å²) < 4.78 is 0. The van der Waals surface area contributed by atoms with Gasteiger partial charge in [-0.25, -0.2) is 0 Å². The Hall–Kier alpha value is -1.91. The van der Waals surface area contributed by atoms with Gasteiger partial charge in [-0.1, -0.05) is 140 Å². The van der Waals surface area contributed by atoms with Gasteiger partial charge in [0.1, 0.15) is 0 Å². The molecule has 0 unspecified atom stereocenters. The molecule has 0 amide bonds. The van der Waals surface area contributed by atoms with E-state index in [1.54, 1.807) is 0 Å². The molecule has 0 heterocycles. The lowest BCUT2D eigenvalue weighted by Crippen LogP contribution is -2.40. The molecule has 28 heavy (non-hydrogen) atoms. The molecule has 0 fully saturated rings. The minimum Gasteiger partial charge on any atom is -0.0752 e. The van der Waals surface area contributed by atoms with Crippen LogP contribution >= 0.6 is 7.92 Å². The molecule has 0 radical (unpaired) electrons. The average molecular weight is 389 g/mol. The van der Waals surface area contributed by atoms with E-state index in [0.717, 1.165) is 0 Å². The summed E-state index contributed by atoms with van der Waals surface area (Å²) in [5.41, 5.74) is 4.18. The van der Waals surface area contributed by atoms with Gasteiger partial charge in [-0.2, -0.15) is 0 Å². The molecule has 0 N–H and O–H groups in total. The van der Waals surface area contributed by atoms with Crippen molar-refractivity contribution in [1.29, 1.82) is 0 Å². The Morgan fingerprint density at radius 1 is 0.429 bits per heavy atom. The summed E-state index contributed by atoms with van der Waals surface area (Å²) in [5, 5.41) is 0.153. The van der Waals surface area contributed by atoms with Crippen molar-refractivity contribution >= 4 is 7.92 Å². The van der Waals surface area contributed by atoms with Crippen molar-refractivity contribution in [3.63, 3.8) is 0 Å². The molecular formula is C27H33P. The lowest BCUT2D eigenvalue weighted by molar-refractivity contribution is 0.665. The molecule has 3 aromatic rings. The Morgan fingerprint density at radius 3 is 0.893 bits per heavy atom. The summed E-state index contributed by atoms with van der Waals surface area (Å²) in [6.07, 6.45) is 0. The van der Waals surface area contributed by atoms with Crippen molar-refractivity contribution in [2.75, 3.05) is 0 Å². The summed E-state index contributed by atoms with van der Waals surface area (Å²) in [6.45, 7) is 14.5. The van der Waals surface area contributed by atoms with Crippen LogP contribution in [-0.4, -0.2) is 10.3 Å². The maximum atomic E-state index is 2.42. The predicted molar refractivity (Wildman–Crippen MR) is 126 cm³/mol. The molecule has 0 nitrogen and oxygen atoms in total. The van der Waals surface area contributed by atoms with E-state index in [1.165, 1.54) is 16.7 Å². The third-order valence-electron chi connectivity index (χ3n) is 5.25. The molecule has 0 saturated heterocycles. The van der Waals surface area contributed by atoms with Crippen LogP contribution in [0.15, 0.2) is 91.0 Å². The van der Waals surface area contributed by atoms with E-state index < -0.39 is 7.92 Å². The van der Waals surface area contributed by atoms with Crippen LogP contribution in [0.5, 0.6) is 0 Å². The second-order valence-corrected chi connectivity index (χ2v) is 13.5. The molecule has 1 heteroatoms. The molecule has 0 aliphatic carbocycles. The number of rotatable bonds is 4. The topological polar surface area (TPSA) is 0 Å². The number of hydrogen-bond acceptors (Lipinski definition) is 0. The van der Waals surface area contributed by atoms with Gasteiger partial charge in [0, 0.05) is 0 Å². The van der Waals surface area contributed by atoms with E-state index in [-0.39, 0.29) is 15.5 Å². The minimum absolute atomic E-state index is 0.162. The maximum absolute atomic E-state index is 2.42. The van der Waals surface area contributed by atoms with Crippen molar-refractivity contribution < 1.29 is 0 Å². The molecule has 0 atom stereocenters. The third kappa shape index (κ3) is 3.81. The minimum atomic E-state index is -0.519. The van der Waals surface area contributed by atoms with Crippen molar-refractivity contribution in [3.8, 4) is 0 Å². The standard InChI is InChI=1S/C27H33P/c1-25(2,3)28(26(4,5)6)27(22-16-10-7-11-17-22,23-18-12-8-13-19-23)24-20-14-9-15-21-24/h7-21H,1-6H3. The molecular weight excluding hydrogens is 355 g/mol. The molecule has 0 saturated carbocycles. The summed E-state index contributed by atoms with van der Waals surface area (Å²) >= 11 is 0. The molecule has 0 aromatic heterocycles. The summed E-state index contributed by atoms with van der Waals surface area (Å²) in [7, 11) is -0.519. The van der Waals surface area contributed by atoms with Crippen LogP contribution in [0.3, 0.4) is 0 Å². The van der Waals surface area contributed by atoms with E-state index in [2.05, 4.69) is 133 Å². The molecule has 3 aromatic carbocycles. The zero-order valence-corrected chi connectivity index (χ0v) is 19.0. The maximum Gasteiger partial charge on any atom is 0.0658 e. The monoisotopic (exact) mass is 388 g/mol. The highest BCUT2D eigenvalue weighted by Gasteiger charge is 2.52. The van der Waals surface area contributed by atoms with Gasteiger partial charge in [0.05, 0.1) is 5.16 Å². The molecule has 3 rings (SSSR count). The highest BCUT2D eigenvalue weighted by molar-refractivity contribution is 7.62. The number of benzene rings is 3. The van der Waals surface area contributed by atoms with E-state index in [9.17, 15) is 0 Å². The van der Waals surface area contributed by atoms with Gasteiger partial charge < -0.3 is 0 Å². The van der Waals surface area contributed by atoms with E-state index in [4.69, 9.17) is 0 Å². The Kier molecular flexibility index (Phi) is 5.83. The van der Waals surface area contributed by atoms with Gasteiger partial charge in [-0.3, -0.25) is 0 Å². The van der Waals surface area contributed by atoms with E-state index in [1.807, 2.05) is 0 Å². The first-order valence-corrected chi connectivity index (χ1v) is 11.5. The van der Waals surface area contributed by atoms with Gasteiger partial charge in [0.2, 0.25) is 0 Å². The molecule has 0 bridgehead atoms. The second kappa shape index (κ2) is 7.84. The van der Waals surface area contributed by atoms with Crippen molar-refractivity contribution in [3.05, 3.63) is 108 Å². The Labute approximate surface area is 172 Å². The lowest BCUT2D eigenvalue weighted by atomic mass is 9.84. The fraction of sp³-hybridized carbons (Fsp3) is 0.333. The van der Waals surface area contributed by atoms with E-state index in [0.29, 0.717) is 0 Å². The summed E-state index contributed by atoms with van der Waals surface area (Å²) in [4.78, 5) is 0. The van der Waals surface area contributed by atoms with Gasteiger partial charge in [-0.15, -0.1) is 0 Å².